The van der Waals surface area contributed by atoms with Crippen LogP contribution >= 0.6 is 0 Å². The van der Waals surface area contributed by atoms with Crippen molar-refractivity contribution in [2.75, 3.05) is 31.6 Å². The summed E-state index contributed by atoms with van der Waals surface area (Å²) in [5.41, 5.74) is 1.49. The lowest BCUT2D eigenvalue weighted by molar-refractivity contribution is -0.133. The van der Waals surface area contributed by atoms with E-state index in [9.17, 15) is 9.59 Å². The van der Waals surface area contributed by atoms with Crippen LogP contribution in [0, 0.1) is 11.3 Å². The largest absolute Gasteiger partial charge is 0.365 e. The Balaban J connectivity index is 1.93. The number of rotatable bonds is 3. The monoisotopic (exact) mass is 271 g/mol. The average molecular weight is 271 g/mol. The topological polar surface area (TPSA) is 64.4 Å². The molecule has 0 saturated carbocycles. The summed E-state index contributed by atoms with van der Waals surface area (Å²) < 4.78 is 0. The number of likely N-dealkylation sites (N-methyl/N-ethyl adjacent to an activating group) is 1. The highest BCUT2D eigenvalue weighted by Crippen LogP contribution is 2.14. The van der Waals surface area contributed by atoms with Crippen molar-refractivity contribution >= 4 is 17.4 Å². The first-order valence-electron chi connectivity index (χ1n) is 6.61. The molecule has 0 aliphatic carbocycles. The minimum atomic E-state index is 0.0318. The van der Waals surface area contributed by atoms with Crippen molar-refractivity contribution in [1.82, 2.24) is 4.90 Å². The van der Waals surface area contributed by atoms with E-state index < -0.39 is 0 Å². The molecular formula is C15H17N3O2. The molecule has 2 rings (SSSR count). The molecule has 1 heterocycles. The molecule has 1 aliphatic rings. The first-order chi connectivity index (χ1) is 9.60. The van der Waals surface area contributed by atoms with Gasteiger partial charge in [-0.2, -0.15) is 5.26 Å². The second kappa shape index (κ2) is 6.20. The maximum atomic E-state index is 12.1. The highest BCUT2D eigenvalue weighted by molar-refractivity contribution is 5.85. The molecule has 1 aliphatic heterocycles. The fourth-order valence-corrected chi connectivity index (χ4v) is 2.19. The van der Waals surface area contributed by atoms with Crippen LogP contribution < -0.4 is 4.90 Å². The first kappa shape index (κ1) is 14.1. The average Bonchev–Trinajstić information content (AvgIpc) is 2.48. The summed E-state index contributed by atoms with van der Waals surface area (Å²) >= 11 is 0. The van der Waals surface area contributed by atoms with Crippen molar-refractivity contribution in [3.63, 3.8) is 0 Å². The minimum absolute atomic E-state index is 0.0318. The van der Waals surface area contributed by atoms with E-state index in [4.69, 9.17) is 5.26 Å². The van der Waals surface area contributed by atoms with Crippen LogP contribution in [0.2, 0.25) is 0 Å². The first-order valence-corrected chi connectivity index (χ1v) is 6.61. The van der Waals surface area contributed by atoms with Crippen molar-refractivity contribution < 1.29 is 9.59 Å². The number of carbonyl (C=O) groups excluding carboxylic acids is 2. The van der Waals surface area contributed by atoms with Gasteiger partial charge in [0.25, 0.3) is 0 Å². The number of anilines is 1. The van der Waals surface area contributed by atoms with Crippen LogP contribution in [0.3, 0.4) is 0 Å². The Kier molecular flexibility index (Phi) is 4.36. The number of amides is 1. The molecule has 1 saturated heterocycles. The molecule has 0 radical (unpaired) electrons. The fraction of sp³-hybridized carbons (Fsp3) is 0.400. The summed E-state index contributed by atoms with van der Waals surface area (Å²) in [5.74, 6) is 0.263. The van der Waals surface area contributed by atoms with E-state index in [0.29, 0.717) is 31.5 Å². The molecule has 0 atom stereocenters. The highest BCUT2D eigenvalue weighted by atomic mass is 16.2. The van der Waals surface area contributed by atoms with E-state index in [1.54, 1.807) is 17.0 Å². The molecule has 104 valence electrons. The molecule has 1 aromatic carbocycles. The predicted molar refractivity (Wildman–Crippen MR) is 75.2 cm³/mol. The SMILES string of the molecule is CN(CC(=O)N1CCC(=O)CC1)c1ccc(C#N)cc1. The lowest BCUT2D eigenvalue weighted by Crippen LogP contribution is -2.43. The van der Waals surface area contributed by atoms with E-state index in [1.165, 1.54) is 0 Å². The number of ketones is 1. The smallest absolute Gasteiger partial charge is 0.242 e. The standard InChI is InChI=1S/C15H17N3O2/c1-17(13-4-2-12(10-16)3-5-13)11-15(20)18-8-6-14(19)7-9-18/h2-5H,6-9,11H2,1H3. The van der Waals surface area contributed by atoms with Crippen LogP contribution in [0.25, 0.3) is 0 Å². The molecule has 5 nitrogen and oxygen atoms in total. The van der Waals surface area contributed by atoms with Crippen LogP contribution in [0.5, 0.6) is 0 Å². The number of Topliss-reactive ketones (excluding diaryl/α,β-unsaturated/α-hetero) is 1. The molecule has 0 unspecified atom stereocenters. The molecular weight excluding hydrogens is 254 g/mol. The Morgan fingerprint density at radius 2 is 1.90 bits per heavy atom. The number of piperidine rings is 1. The van der Waals surface area contributed by atoms with E-state index in [-0.39, 0.29) is 18.2 Å². The van der Waals surface area contributed by atoms with Gasteiger partial charge in [-0.3, -0.25) is 9.59 Å². The number of hydrogen-bond acceptors (Lipinski definition) is 4. The van der Waals surface area contributed by atoms with Gasteiger partial charge in [-0.05, 0) is 24.3 Å². The third-order valence-electron chi connectivity index (χ3n) is 3.48. The Morgan fingerprint density at radius 3 is 2.45 bits per heavy atom. The van der Waals surface area contributed by atoms with Gasteiger partial charge in [-0.25, -0.2) is 0 Å². The summed E-state index contributed by atoms with van der Waals surface area (Å²) in [4.78, 5) is 26.9. The van der Waals surface area contributed by atoms with Crippen molar-refractivity contribution in [2.24, 2.45) is 0 Å². The third-order valence-corrected chi connectivity index (χ3v) is 3.48. The molecule has 0 aromatic heterocycles. The lowest BCUT2D eigenvalue weighted by atomic mass is 10.1. The van der Waals surface area contributed by atoms with Gasteiger partial charge in [0, 0.05) is 38.7 Å². The van der Waals surface area contributed by atoms with Crippen LogP contribution in [0.4, 0.5) is 5.69 Å². The number of nitriles is 1. The van der Waals surface area contributed by atoms with Gasteiger partial charge >= 0.3 is 0 Å². The second-order valence-corrected chi connectivity index (χ2v) is 4.93. The zero-order chi connectivity index (χ0) is 14.5. The number of likely N-dealkylation sites (tertiary alicyclic amines) is 1. The van der Waals surface area contributed by atoms with E-state index in [1.807, 2.05) is 24.1 Å². The zero-order valence-electron chi connectivity index (χ0n) is 11.5. The predicted octanol–water partition coefficient (Wildman–Crippen LogP) is 1.19. The van der Waals surface area contributed by atoms with E-state index >= 15 is 0 Å². The molecule has 0 spiro atoms. The minimum Gasteiger partial charge on any atom is -0.365 e. The number of benzene rings is 1. The molecule has 20 heavy (non-hydrogen) atoms. The van der Waals surface area contributed by atoms with Gasteiger partial charge in [0.2, 0.25) is 5.91 Å². The van der Waals surface area contributed by atoms with Crippen molar-refractivity contribution in [2.45, 2.75) is 12.8 Å². The molecule has 1 aromatic rings. The summed E-state index contributed by atoms with van der Waals surface area (Å²) in [6.07, 6.45) is 0.929. The lowest BCUT2D eigenvalue weighted by Gasteiger charge is -2.28. The summed E-state index contributed by atoms with van der Waals surface area (Å²) in [6.45, 7) is 1.33. The number of carbonyl (C=O) groups is 2. The molecule has 0 bridgehead atoms. The van der Waals surface area contributed by atoms with Crippen LogP contribution in [-0.4, -0.2) is 43.3 Å². The van der Waals surface area contributed by atoms with Gasteiger partial charge in [0.15, 0.2) is 0 Å². The quantitative estimate of drug-likeness (QED) is 0.828. The Bertz CT molecular complexity index is 535. The summed E-state index contributed by atoms with van der Waals surface area (Å²) in [5, 5.41) is 8.75. The van der Waals surface area contributed by atoms with E-state index in [2.05, 4.69) is 6.07 Å². The molecule has 1 amide bonds. The fourth-order valence-electron chi connectivity index (χ4n) is 2.19. The number of nitrogens with zero attached hydrogens (tertiary/aromatic N) is 3. The van der Waals surface area contributed by atoms with Gasteiger partial charge in [0.05, 0.1) is 18.2 Å². The van der Waals surface area contributed by atoms with Crippen LogP contribution in [0.15, 0.2) is 24.3 Å². The van der Waals surface area contributed by atoms with Crippen LogP contribution in [-0.2, 0) is 9.59 Å². The van der Waals surface area contributed by atoms with E-state index in [0.717, 1.165) is 5.69 Å². The van der Waals surface area contributed by atoms with Crippen molar-refractivity contribution in [3.05, 3.63) is 29.8 Å². The van der Waals surface area contributed by atoms with Crippen LogP contribution in [0.1, 0.15) is 18.4 Å². The van der Waals surface area contributed by atoms with Gasteiger partial charge in [-0.15, -0.1) is 0 Å². The summed E-state index contributed by atoms with van der Waals surface area (Å²) in [7, 11) is 1.84. The normalized spacial score (nSPS) is 14.8. The van der Waals surface area contributed by atoms with Crippen molar-refractivity contribution in [3.8, 4) is 6.07 Å². The Morgan fingerprint density at radius 1 is 1.30 bits per heavy atom. The molecule has 1 fully saturated rings. The maximum Gasteiger partial charge on any atom is 0.242 e. The molecule has 5 heteroatoms. The van der Waals surface area contributed by atoms with Gasteiger partial charge in [0.1, 0.15) is 5.78 Å². The molecule has 0 N–H and O–H groups in total. The second-order valence-electron chi connectivity index (χ2n) is 4.93. The van der Waals surface area contributed by atoms with Gasteiger partial charge in [-0.1, -0.05) is 0 Å². The third kappa shape index (κ3) is 3.35. The zero-order valence-corrected chi connectivity index (χ0v) is 11.5. The number of hydrogen-bond donors (Lipinski definition) is 0. The maximum absolute atomic E-state index is 12.1. The van der Waals surface area contributed by atoms with Crippen molar-refractivity contribution in [1.29, 1.82) is 5.26 Å². The Labute approximate surface area is 118 Å². The summed E-state index contributed by atoms with van der Waals surface area (Å²) in [6, 6.07) is 9.18. The highest BCUT2D eigenvalue weighted by Gasteiger charge is 2.21. The van der Waals surface area contributed by atoms with Gasteiger partial charge < -0.3 is 9.80 Å². The Hall–Kier alpha value is -2.35.